The van der Waals surface area contributed by atoms with Crippen LogP contribution in [-0.2, 0) is 13.1 Å². The van der Waals surface area contributed by atoms with Crippen molar-refractivity contribution >= 4 is 29.1 Å². The van der Waals surface area contributed by atoms with Crippen LogP contribution in [0.15, 0.2) is 65.6 Å². The van der Waals surface area contributed by atoms with E-state index in [1.807, 2.05) is 30.3 Å². The third kappa shape index (κ3) is 4.50. The zero-order chi connectivity index (χ0) is 18.5. The molecule has 132 valence electrons. The van der Waals surface area contributed by atoms with Crippen LogP contribution in [0.5, 0.6) is 0 Å². The van der Waals surface area contributed by atoms with E-state index in [4.69, 9.17) is 23.2 Å². The third-order valence-corrected chi connectivity index (χ3v) is 4.29. The number of carbonyl (C=O) groups is 1. The predicted octanol–water partition coefficient (Wildman–Crippen LogP) is 3.53. The van der Waals surface area contributed by atoms with Crippen molar-refractivity contribution in [3.8, 4) is 0 Å². The van der Waals surface area contributed by atoms with Crippen molar-refractivity contribution in [1.29, 1.82) is 0 Å². The molecule has 5 nitrogen and oxygen atoms in total. The Morgan fingerprint density at radius 3 is 2.42 bits per heavy atom. The minimum absolute atomic E-state index is 0.0442. The molecule has 0 spiro atoms. The summed E-state index contributed by atoms with van der Waals surface area (Å²) in [6, 6.07) is 15.8. The van der Waals surface area contributed by atoms with Crippen LogP contribution < -0.4 is 10.9 Å². The number of aromatic nitrogens is 2. The fraction of sp³-hybridized carbons (Fsp3) is 0.105. The summed E-state index contributed by atoms with van der Waals surface area (Å²) in [4.78, 5) is 27.8. The average molecular weight is 388 g/mol. The number of nitrogens with one attached hydrogen (secondary N) is 1. The number of pyridine rings is 2. The van der Waals surface area contributed by atoms with Gasteiger partial charge < -0.3 is 9.88 Å². The van der Waals surface area contributed by atoms with Crippen LogP contribution in [0.3, 0.4) is 0 Å². The first-order chi connectivity index (χ1) is 12.5. The Morgan fingerprint density at radius 2 is 1.73 bits per heavy atom. The fourth-order valence-corrected chi connectivity index (χ4v) is 2.84. The summed E-state index contributed by atoms with van der Waals surface area (Å²) < 4.78 is 1.63. The lowest BCUT2D eigenvalue weighted by atomic mass is 10.1. The van der Waals surface area contributed by atoms with Crippen LogP contribution in [-0.4, -0.2) is 15.5 Å². The molecule has 1 aromatic carbocycles. The van der Waals surface area contributed by atoms with Gasteiger partial charge in [0.05, 0.1) is 12.1 Å². The Labute approximate surface area is 160 Å². The standard InChI is InChI=1S/C19H15Cl2N3O2/c20-16-9-8-15(18(21)23-16)19(26)22-11-13-4-6-14(7-5-13)12-24-10-2-1-3-17(24)25/h1-10H,11-12H2,(H,22,26). The summed E-state index contributed by atoms with van der Waals surface area (Å²) in [6.07, 6.45) is 1.75. The zero-order valence-corrected chi connectivity index (χ0v) is 15.2. The lowest BCUT2D eigenvalue weighted by Crippen LogP contribution is -2.23. The van der Waals surface area contributed by atoms with Crippen LogP contribution in [0.1, 0.15) is 21.5 Å². The van der Waals surface area contributed by atoms with Gasteiger partial charge in [-0.05, 0) is 29.3 Å². The van der Waals surface area contributed by atoms with Gasteiger partial charge in [0.2, 0.25) is 0 Å². The lowest BCUT2D eigenvalue weighted by Gasteiger charge is -2.08. The molecule has 0 bridgehead atoms. The molecule has 0 unspecified atom stereocenters. The van der Waals surface area contributed by atoms with Gasteiger partial charge in [-0.2, -0.15) is 0 Å². The Balaban J connectivity index is 1.61. The number of rotatable bonds is 5. The van der Waals surface area contributed by atoms with E-state index in [1.54, 1.807) is 16.8 Å². The van der Waals surface area contributed by atoms with Gasteiger partial charge in [-0.1, -0.05) is 53.5 Å². The Bertz CT molecular complexity index is 985. The van der Waals surface area contributed by atoms with E-state index < -0.39 is 0 Å². The van der Waals surface area contributed by atoms with E-state index in [0.29, 0.717) is 13.1 Å². The Morgan fingerprint density at radius 1 is 1.00 bits per heavy atom. The number of hydrogen-bond acceptors (Lipinski definition) is 3. The molecule has 0 aliphatic carbocycles. The van der Waals surface area contributed by atoms with Gasteiger partial charge >= 0.3 is 0 Å². The monoisotopic (exact) mass is 387 g/mol. The molecule has 3 rings (SSSR count). The van der Waals surface area contributed by atoms with Crippen LogP contribution in [0, 0.1) is 0 Å². The van der Waals surface area contributed by atoms with Crippen molar-refractivity contribution in [2.24, 2.45) is 0 Å². The smallest absolute Gasteiger partial charge is 0.254 e. The molecular weight excluding hydrogens is 373 g/mol. The van der Waals surface area contributed by atoms with Gasteiger partial charge in [-0.3, -0.25) is 9.59 Å². The van der Waals surface area contributed by atoms with E-state index in [9.17, 15) is 9.59 Å². The van der Waals surface area contributed by atoms with Gasteiger partial charge in [0.25, 0.3) is 11.5 Å². The van der Waals surface area contributed by atoms with Crippen molar-refractivity contribution < 1.29 is 4.79 Å². The van der Waals surface area contributed by atoms with Crippen LogP contribution >= 0.6 is 23.2 Å². The number of carbonyl (C=O) groups excluding carboxylic acids is 1. The minimum Gasteiger partial charge on any atom is -0.348 e. The average Bonchev–Trinajstić information content (AvgIpc) is 2.63. The summed E-state index contributed by atoms with van der Waals surface area (Å²) in [7, 11) is 0. The van der Waals surface area contributed by atoms with Crippen molar-refractivity contribution in [3.05, 3.63) is 98.1 Å². The maximum absolute atomic E-state index is 12.2. The highest BCUT2D eigenvalue weighted by atomic mass is 35.5. The largest absolute Gasteiger partial charge is 0.348 e. The van der Waals surface area contributed by atoms with E-state index in [1.165, 1.54) is 18.2 Å². The highest BCUT2D eigenvalue weighted by Gasteiger charge is 2.11. The first-order valence-electron chi connectivity index (χ1n) is 7.86. The van der Waals surface area contributed by atoms with Gasteiger partial charge in [0, 0.05) is 18.8 Å². The van der Waals surface area contributed by atoms with Gasteiger partial charge in [0.15, 0.2) is 0 Å². The number of nitrogens with zero attached hydrogens (tertiary/aromatic N) is 2. The summed E-state index contributed by atoms with van der Waals surface area (Å²) in [5.41, 5.74) is 2.16. The summed E-state index contributed by atoms with van der Waals surface area (Å²) in [5, 5.41) is 3.10. The first-order valence-corrected chi connectivity index (χ1v) is 8.62. The van der Waals surface area contributed by atoms with E-state index in [2.05, 4.69) is 10.3 Å². The number of amides is 1. The van der Waals surface area contributed by atoms with E-state index >= 15 is 0 Å². The predicted molar refractivity (Wildman–Crippen MR) is 102 cm³/mol. The van der Waals surface area contributed by atoms with E-state index in [0.717, 1.165) is 11.1 Å². The fourth-order valence-electron chi connectivity index (χ4n) is 2.41. The molecule has 0 saturated heterocycles. The molecule has 1 amide bonds. The molecule has 0 radical (unpaired) electrons. The molecule has 1 N–H and O–H groups in total. The van der Waals surface area contributed by atoms with Crippen molar-refractivity contribution in [1.82, 2.24) is 14.9 Å². The molecule has 0 atom stereocenters. The van der Waals surface area contributed by atoms with Gasteiger partial charge in [0.1, 0.15) is 10.3 Å². The normalized spacial score (nSPS) is 10.5. The molecule has 0 saturated carbocycles. The van der Waals surface area contributed by atoms with Crippen LogP contribution in [0.25, 0.3) is 0 Å². The Hall–Kier alpha value is -2.63. The first kappa shape index (κ1) is 18.2. The van der Waals surface area contributed by atoms with Crippen molar-refractivity contribution in [3.63, 3.8) is 0 Å². The molecular formula is C19H15Cl2N3O2. The molecule has 0 fully saturated rings. The zero-order valence-electron chi connectivity index (χ0n) is 13.7. The topological polar surface area (TPSA) is 64.0 Å². The molecule has 2 aromatic heterocycles. The quantitative estimate of drug-likeness (QED) is 0.681. The van der Waals surface area contributed by atoms with E-state index in [-0.39, 0.29) is 27.3 Å². The van der Waals surface area contributed by atoms with Crippen LogP contribution in [0.4, 0.5) is 0 Å². The molecule has 26 heavy (non-hydrogen) atoms. The second kappa shape index (κ2) is 8.17. The number of benzene rings is 1. The van der Waals surface area contributed by atoms with Gasteiger partial charge in [-0.15, -0.1) is 0 Å². The summed E-state index contributed by atoms with van der Waals surface area (Å²) in [5.74, 6) is -0.320. The van der Waals surface area contributed by atoms with Crippen LogP contribution in [0.2, 0.25) is 10.3 Å². The second-order valence-corrected chi connectivity index (χ2v) is 6.38. The summed E-state index contributed by atoms with van der Waals surface area (Å²) in [6.45, 7) is 0.849. The number of halogens is 2. The highest BCUT2D eigenvalue weighted by molar-refractivity contribution is 6.34. The maximum Gasteiger partial charge on any atom is 0.254 e. The van der Waals surface area contributed by atoms with Crippen molar-refractivity contribution in [2.45, 2.75) is 13.1 Å². The molecule has 0 aliphatic rings. The molecule has 3 aromatic rings. The number of hydrogen-bond donors (Lipinski definition) is 1. The molecule has 0 aliphatic heterocycles. The second-order valence-electron chi connectivity index (χ2n) is 5.64. The highest BCUT2D eigenvalue weighted by Crippen LogP contribution is 2.16. The minimum atomic E-state index is -0.320. The Kier molecular flexibility index (Phi) is 5.71. The van der Waals surface area contributed by atoms with Crippen molar-refractivity contribution in [2.75, 3.05) is 0 Å². The third-order valence-electron chi connectivity index (χ3n) is 3.79. The maximum atomic E-state index is 12.2. The SMILES string of the molecule is O=C(NCc1ccc(Cn2ccccc2=O)cc1)c1ccc(Cl)nc1Cl. The summed E-state index contributed by atoms with van der Waals surface area (Å²) >= 11 is 11.7. The molecule has 2 heterocycles. The lowest BCUT2D eigenvalue weighted by molar-refractivity contribution is 0.0950. The van der Waals surface area contributed by atoms with Gasteiger partial charge in [-0.25, -0.2) is 4.98 Å². The molecule has 7 heteroatoms.